The summed E-state index contributed by atoms with van der Waals surface area (Å²) in [6, 6.07) is 23.2. The molecule has 5 heteroatoms. The van der Waals surface area contributed by atoms with Crippen molar-refractivity contribution in [1.82, 2.24) is 0 Å². The van der Waals surface area contributed by atoms with E-state index >= 15 is 0 Å². The van der Waals surface area contributed by atoms with Crippen molar-refractivity contribution < 1.29 is 17.3 Å². The minimum atomic E-state index is -3.56. The third kappa shape index (κ3) is 4.81. The Morgan fingerprint density at radius 1 is 0.880 bits per heavy atom. The van der Waals surface area contributed by atoms with Crippen LogP contribution in [-0.2, 0) is 14.3 Å². The highest BCUT2D eigenvalue weighted by Crippen LogP contribution is 2.27. The standard InChI is InChI=1S/C20H20O4S/c1-25(21,22)24-19(17-9-3-2-4-10-17)14-15-23-20-13-7-11-16-8-5-6-12-18(16)20/h2-13,19H,14-15H2,1H3/t19-/m1/s1. The summed E-state index contributed by atoms with van der Waals surface area (Å²) in [5.74, 6) is 0.782. The zero-order valence-corrected chi connectivity index (χ0v) is 14.8. The Bertz CT molecular complexity index is 931. The van der Waals surface area contributed by atoms with Crippen LogP contribution in [0.15, 0.2) is 72.8 Å². The van der Waals surface area contributed by atoms with Gasteiger partial charge in [-0.1, -0.05) is 66.7 Å². The van der Waals surface area contributed by atoms with Gasteiger partial charge in [0.25, 0.3) is 10.1 Å². The van der Waals surface area contributed by atoms with E-state index in [1.807, 2.05) is 72.8 Å². The summed E-state index contributed by atoms with van der Waals surface area (Å²) >= 11 is 0. The van der Waals surface area contributed by atoms with E-state index in [2.05, 4.69) is 0 Å². The SMILES string of the molecule is CS(=O)(=O)O[C@H](CCOc1cccc2ccccc12)c1ccccc1. The van der Waals surface area contributed by atoms with Crippen molar-refractivity contribution >= 4 is 20.9 Å². The molecule has 0 aliphatic carbocycles. The smallest absolute Gasteiger partial charge is 0.264 e. The van der Waals surface area contributed by atoms with E-state index < -0.39 is 16.2 Å². The molecule has 0 amide bonds. The quantitative estimate of drug-likeness (QED) is 0.592. The largest absolute Gasteiger partial charge is 0.493 e. The lowest BCUT2D eigenvalue weighted by atomic mass is 10.1. The molecule has 0 fully saturated rings. The van der Waals surface area contributed by atoms with Crippen molar-refractivity contribution in [3.8, 4) is 5.75 Å². The summed E-state index contributed by atoms with van der Waals surface area (Å²) in [6.07, 6.45) is 0.931. The summed E-state index contributed by atoms with van der Waals surface area (Å²) in [7, 11) is -3.56. The second-order valence-corrected chi connectivity index (χ2v) is 7.41. The number of hydrogen-bond acceptors (Lipinski definition) is 4. The van der Waals surface area contributed by atoms with Gasteiger partial charge in [-0.2, -0.15) is 8.42 Å². The van der Waals surface area contributed by atoms with Gasteiger partial charge in [-0.05, 0) is 17.0 Å². The highest BCUT2D eigenvalue weighted by Gasteiger charge is 2.18. The fourth-order valence-corrected chi connectivity index (χ4v) is 3.38. The van der Waals surface area contributed by atoms with Crippen LogP contribution in [0.4, 0.5) is 0 Å². The van der Waals surface area contributed by atoms with Crippen LogP contribution < -0.4 is 4.74 Å². The highest BCUT2D eigenvalue weighted by atomic mass is 32.2. The van der Waals surface area contributed by atoms with Crippen molar-refractivity contribution in [2.45, 2.75) is 12.5 Å². The number of hydrogen-bond donors (Lipinski definition) is 0. The first-order valence-corrected chi connectivity index (χ1v) is 9.88. The number of benzene rings is 3. The van der Waals surface area contributed by atoms with E-state index in [-0.39, 0.29) is 0 Å². The molecule has 130 valence electrons. The second kappa shape index (κ2) is 7.68. The zero-order chi connectivity index (χ0) is 17.7. The van der Waals surface area contributed by atoms with Crippen molar-refractivity contribution in [2.24, 2.45) is 0 Å². The molecule has 4 nitrogen and oxygen atoms in total. The predicted octanol–water partition coefficient (Wildman–Crippen LogP) is 4.33. The summed E-state index contributed by atoms with van der Waals surface area (Å²) in [6.45, 7) is 0.350. The molecule has 0 unspecified atom stereocenters. The molecule has 0 N–H and O–H groups in total. The molecular weight excluding hydrogens is 336 g/mol. The maximum absolute atomic E-state index is 11.6. The molecule has 0 aliphatic rings. The number of rotatable bonds is 7. The molecular formula is C20H20O4S. The summed E-state index contributed by atoms with van der Waals surface area (Å²) < 4.78 is 34.3. The van der Waals surface area contributed by atoms with Crippen molar-refractivity contribution in [2.75, 3.05) is 12.9 Å². The number of ether oxygens (including phenoxy) is 1. The van der Waals surface area contributed by atoms with Crippen LogP contribution in [0, 0.1) is 0 Å². The summed E-state index contributed by atoms with van der Waals surface area (Å²) in [5, 5.41) is 2.14. The number of fused-ring (bicyclic) bond motifs is 1. The van der Waals surface area contributed by atoms with Crippen molar-refractivity contribution in [3.05, 3.63) is 78.4 Å². The lowest BCUT2D eigenvalue weighted by molar-refractivity contribution is 0.172. The van der Waals surface area contributed by atoms with Crippen molar-refractivity contribution in [1.29, 1.82) is 0 Å². The molecule has 0 aromatic heterocycles. The Morgan fingerprint density at radius 2 is 1.56 bits per heavy atom. The van der Waals surface area contributed by atoms with E-state index in [0.717, 1.165) is 28.3 Å². The fourth-order valence-electron chi connectivity index (χ4n) is 2.75. The van der Waals surface area contributed by atoms with E-state index in [1.165, 1.54) is 0 Å². The highest BCUT2D eigenvalue weighted by molar-refractivity contribution is 7.86. The maximum atomic E-state index is 11.6. The van der Waals surface area contributed by atoms with Gasteiger partial charge in [0.05, 0.1) is 12.9 Å². The second-order valence-electron chi connectivity index (χ2n) is 5.81. The topological polar surface area (TPSA) is 52.6 Å². The van der Waals surface area contributed by atoms with E-state index in [9.17, 15) is 8.42 Å². The van der Waals surface area contributed by atoms with Gasteiger partial charge >= 0.3 is 0 Å². The minimum Gasteiger partial charge on any atom is -0.493 e. The van der Waals surface area contributed by atoms with E-state index in [4.69, 9.17) is 8.92 Å². The maximum Gasteiger partial charge on any atom is 0.264 e. The monoisotopic (exact) mass is 356 g/mol. The Balaban J connectivity index is 1.73. The lowest BCUT2D eigenvalue weighted by Gasteiger charge is -2.17. The van der Waals surface area contributed by atoms with Crippen LogP contribution in [0.3, 0.4) is 0 Å². The first-order valence-electron chi connectivity index (χ1n) is 8.07. The summed E-state index contributed by atoms with van der Waals surface area (Å²) in [5.41, 5.74) is 0.814. The van der Waals surface area contributed by atoms with Crippen molar-refractivity contribution in [3.63, 3.8) is 0 Å². The van der Waals surface area contributed by atoms with Gasteiger partial charge in [-0.25, -0.2) is 0 Å². The van der Waals surface area contributed by atoms with Gasteiger partial charge in [0.15, 0.2) is 0 Å². The third-order valence-electron chi connectivity index (χ3n) is 3.85. The van der Waals surface area contributed by atoms with Crippen LogP contribution in [0.25, 0.3) is 10.8 Å². The first kappa shape index (κ1) is 17.5. The molecule has 0 spiro atoms. The van der Waals surface area contributed by atoms with Crippen LogP contribution in [0.2, 0.25) is 0 Å². The fraction of sp³-hybridized carbons (Fsp3) is 0.200. The Labute approximate surface area is 148 Å². The van der Waals surface area contributed by atoms with Gasteiger partial charge in [0, 0.05) is 11.8 Å². The normalized spacial score (nSPS) is 12.8. The molecule has 0 heterocycles. The average molecular weight is 356 g/mol. The zero-order valence-electron chi connectivity index (χ0n) is 14.0. The predicted molar refractivity (Wildman–Crippen MR) is 99.2 cm³/mol. The molecule has 3 aromatic carbocycles. The van der Waals surface area contributed by atoms with Gasteiger partial charge < -0.3 is 4.74 Å². The Kier molecular flexibility index (Phi) is 5.36. The summed E-state index contributed by atoms with van der Waals surface area (Å²) in [4.78, 5) is 0. The average Bonchev–Trinajstić information content (AvgIpc) is 2.61. The Morgan fingerprint density at radius 3 is 2.32 bits per heavy atom. The van der Waals surface area contributed by atoms with Crippen LogP contribution in [-0.4, -0.2) is 21.3 Å². The molecule has 25 heavy (non-hydrogen) atoms. The molecule has 0 saturated carbocycles. The van der Waals surface area contributed by atoms with Gasteiger partial charge in [-0.3, -0.25) is 4.18 Å². The van der Waals surface area contributed by atoms with Gasteiger partial charge in [0.2, 0.25) is 0 Å². The minimum absolute atomic E-state index is 0.350. The lowest BCUT2D eigenvalue weighted by Crippen LogP contribution is -2.13. The molecule has 0 bridgehead atoms. The van der Waals surface area contributed by atoms with E-state index in [1.54, 1.807) is 0 Å². The molecule has 1 atom stereocenters. The van der Waals surface area contributed by atoms with Gasteiger partial charge in [-0.15, -0.1) is 0 Å². The molecule has 3 rings (SSSR count). The molecule has 3 aromatic rings. The van der Waals surface area contributed by atoms with Crippen LogP contribution >= 0.6 is 0 Å². The van der Waals surface area contributed by atoms with Crippen LogP contribution in [0.5, 0.6) is 5.75 Å². The molecule has 0 radical (unpaired) electrons. The Hall–Kier alpha value is -2.37. The molecule has 0 aliphatic heterocycles. The van der Waals surface area contributed by atoms with Gasteiger partial charge in [0.1, 0.15) is 11.9 Å². The third-order valence-corrected chi connectivity index (χ3v) is 4.43. The molecule has 0 saturated heterocycles. The first-order chi connectivity index (χ1) is 12.0. The van der Waals surface area contributed by atoms with E-state index in [0.29, 0.717) is 13.0 Å². The van der Waals surface area contributed by atoms with Crippen LogP contribution in [0.1, 0.15) is 18.1 Å².